The number of hydrogen-bond donors (Lipinski definition) is 0. The zero-order chi connectivity index (χ0) is 13.1. The van der Waals surface area contributed by atoms with Gasteiger partial charge in [0.1, 0.15) is 6.07 Å². The highest BCUT2D eigenvalue weighted by Crippen LogP contribution is 2.29. The number of anilines is 1. The van der Waals surface area contributed by atoms with Gasteiger partial charge in [-0.3, -0.25) is 0 Å². The number of nitriles is 1. The van der Waals surface area contributed by atoms with Crippen molar-refractivity contribution >= 4 is 21.6 Å². The molecule has 1 fully saturated rings. The Morgan fingerprint density at radius 2 is 2.00 bits per heavy atom. The second-order valence-corrected chi connectivity index (χ2v) is 5.78. The topological polar surface area (TPSA) is 30.3 Å². The number of halogens is 1. The summed E-state index contributed by atoms with van der Waals surface area (Å²) in [4.78, 5) is 4.62. The lowest BCUT2D eigenvalue weighted by Crippen LogP contribution is -2.42. The summed E-state index contributed by atoms with van der Waals surface area (Å²) in [6, 6.07) is 8.93. The Bertz CT molecular complexity index is 457. The van der Waals surface area contributed by atoms with Crippen LogP contribution in [-0.4, -0.2) is 38.1 Å². The van der Waals surface area contributed by atoms with E-state index in [0.717, 1.165) is 41.7 Å². The average Bonchev–Trinajstić information content (AvgIpc) is 2.38. The minimum atomic E-state index is 0.666. The van der Waals surface area contributed by atoms with Gasteiger partial charge in [-0.2, -0.15) is 5.26 Å². The molecule has 0 aliphatic carbocycles. The lowest BCUT2D eigenvalue weighted by Gasteiger charge is -2.36. The third-order valence-corrected chi connectivity index (χ3v) is 4.30. The molecule has 0 bridgehead atoms. The number of benzene rings is 1. The smallest absolute Gasteiger partial charge is 0.103 e. The lowest BCUT2D eigenvalue weighted by atomic mass is 10.0. The number of nitrogens with zero attached hydrogens (tertiary/aromatic N) is 3. The molecule has 1 aliphatic heterocycles. The summed E-state index contributed by atoms with van der Waals surface area (Å²) >= 11 is 3.45. The van der Waals surface area contributed by atoms with Crippen molar-refractivity contribution in [2.75, 3.05) is 32.1 Å². The molecule has 0 radical (unpaired) electrons. The number of rotatable bonds is 2. The van der Waals surface area contributed by atoms with Crippen molar-refractivity contribution in [3.05, 3.63) is 28.2 Å². The molecule has 0 aromatic heterocycles. The van der Waals surface area contributed by atoms with E-state index < -0.39 is 0 Å². The second-order valence-electron chi connectivity index (χ2n) is 4.93. The van der Waals surface area contributed by atoms with Gasteiger partial charge in [0.15, 0.2) is 0 Å². The van der Waals surface area contributed by atoms with Crippen molar-refractivity contribution in [1.29, 1.82) is 5.26 Å². The summed E-state index contributed by atoms with van der Waals surface area (Å²) in [7, 11) is 4.28. The molecule has 0 amide bonds. The molecule has 0 atom stereocenters. The van der Waals surface area contributed by atoms with E-state index in [1.165, 1.54) is 0 Å². The summed E-state index contributed by atoms with van der Waals surface area (Å²) in [5.74, 6) is 0. The molecule has 0 N–H and O–H groups in total. The quantitative estimate of drug-likeness (QED) is 0.841. The molecule has 1 heterocycles. The van der Waals surface area contributed by atoms with Crippen molar-refractivity contribution in [3.8, 4) is 6.07 Å². The van der Waals surface area contributed by atoms with Gasteiger partial charge in [0.2, 0.25) is 0 Å². The summed E-state index contributed by atoms with van der Waals surface area (Å²) in [5, 5.41) is 9.26. The number of hydrogen-bond acceptors (Lipinski definition) is 3. The Balaban J connectivity index is 2.15. The first kappa shape index (κ1) is 13.4. The fourth-order valence-electron chi connectivity index (χ4n) is 2.51. The highest BCUT2D eigenvalue weighted by atomic mass is 79.9. The summed E-state index contributed by atoms with van der Waals surface area (Å²) in [5.41, 5.74) is 1.81. The Morgan fingerprint density at radius 1 is 1.33 bits per heavy atom. The van der Waals surface area contributed by atoms with Crippen LogP contribution in [0.3, 0.4) is 0 Å². The minimum Gasteiger partial charge on any atom is -0.370 e. The molecule has 1 saturated heterocycles. The first-order chi connectivity index (χ1) is 8.63. The molecule has 1 aromatic carbocycles. The first-order valence-corrected chi connectivity index (χ1v) is 7.02. The van der Waals surface area contributed by atoms with Crippen LogP contribution in [-0.2, 0) is 0 Å². The van der Waals surface area contributed by atoms with Crippen LogP contribution in [0.4, 0.5) is 5.69 Å². The Hall–Kier alpha value is -1.05. The molecular weight excluding hydrogens is 290 g/mol. The van der Waals surface area contributed by atoms with Crippen molar-refractivity contribution in [2.24, 2.45) is 0 Å². The third kappa shape index (κ3) is 2.68. The SMILES string of the molecule is CN(C)C1CCN(c2cccc(Br)c2C#N)CC1. The molecule has 96 valence electrons. The largest absolute Gasteiger partial charge is 0.370 e. The molecule has 1 aliphatic rings. The highest BCUT2D eigenvalue weighted by Gasteiger charge is 2.22. The molecule has 18 heavy (non-hydrogen) atoms. The van der Waals surface area contributed by atoms with E-state index in [2.05, 4.69) is 45.9 Å². The van der Waals surface area contributed by atoms with Crippen LogP contribution in [0.25, 0.3) is 0 Å². The maximum absolute atomic E-state index is 9.26. The fraction of sp³-hybridized carbons (Fsp3) is 0.500. The van der Waals surface area contributed by atoms with Gasteiger partial charge in [-0.1, -0.05) is 6.07 Å². The molecule has 0 saturated carbocycles. The van der Waals surface area contributed by atoms with E-state index in [0.29, 0.717) is 6.04 Å². The monoisotopic (exact) mass is 307 g/mol. The Kier molecular flexibility index (Phi) is 4.26. The standard InChI is InChI=1S/C14H18BrN3/c1-17(2)11-6-8-18(9-7-11)14-5-3-4-13(15)12(14)10-16/h3-5,11H,6-9H2,1-2H3. The van der Waals surface area contributed by atoms with E-state index in [1.54, 1.807) is 0 Å². The second kappa shape index (κ2) is 5.73. The van der Waals surface area contributed by atoms with Crippen LogP contribution in [0.1, 0.15) is 18.4 Å². The number of piperidine rings is 1. The zero-order valence-corrected chi connectivity index (χ0v) is 12.4. The molecule has 2 rings (SSSR count). The van der Waals surface area contributed by atoms with Gasteiger partial charge >= 0.3 is 0 Å². The first-order valence-electron chi connectivity index (χ1n) is 6.23. The highest BCUT2D eigenvalue weighted by molar-refractivity contribution is 9.10. The molecule has 4 heteroatoms. The molecule has 3 nitrogen and oxygen atoms in total. The van der Waals surface area contributed by atoms with Crippen molar-refractivity contribution in [2.45, 2.75) is 18.9 Å². The molecule has 1 aromatic rings. The maximum atomic E-state index is 9.26. The van der Waals surface area contributed by atoms with Crippen LogP contribution < -0.4 is 4.90 Å². The average molecular weight is 308 g/mol. The van der Waals surface area contributed by atoms with Gasteiger partial charge in [0.25, 0.3) is 0 Å². The van der Waals surface area contributed by atoms with Crippen LogP contribution >= 0.6 is 15.9 Å². The third-order valence-electron chi connectivity index (χ3n) is 3.64. The van der Waals surface area contributed by atoms with Crippen molar-refractivity contribution in [3.63, 3.8) is 0 Å². The van der Waals surface area contributed by atoms with Gasteiger partial charge in [-0.25, -0.2) is 0 Å². The molecular formula is C14H18BrN3. The van der Waals surface area contributed by atoms with E-state index in [9.17, 15) is 5.26 Å². The Labute approximate surface area is 117 Å². The maximum Gasteiger partial charge on any atom is 0.103 e. The zero-order valence-electron chi connectivity index (χ0n) is 10.9. The molecule has 0 unspecified atom stereocenters. The van der Waals surface area contributed by atoms with Gasteiger partial charge in [-0.15, -0.1) is 0 Å². The lowest BCUT2D eigenvalue weighted by molar-refractivity contribution is 0.249. The Morgan fingerprint density at radius 3 is 2.56 bits per heavy atom. The normalized spacial score (nSPS) is 16.9. The predicted molar refractivity (Wildman–Crippen MR) is 77.8 cm³/mol. The van der Waals surface area contributed by atoms with Crippen molar-refractivity contribution in [1.82, 2.24) is 4.90 Å². The van der Waals surface area contributed by atoms with Crippen LogP contribution in [0.5, 0.6) is 0 Å². The van der Waals surface area contributed by atoms with Crippen LogP contribution in [0.15, 0.2) is 22.7 Å². The van der Waals surface area contributed by atoms with E-state index in [-0.39, 0.29) is 0 Å². The van der Waals surface area contributed by atoms with Crippen LogP contribution in [0.2, 0.25) is 0 Å². The minimum absolute atomic E-state index is 0.666. The van der Waals surface area contributed by atoms with E-state index in [4.69, 9.17) is 0 Å². The predicted octanol–water partition coefficient (Wildman–Crippen LogP) is 2.85. The summed E-state index contributed by atoms with van der Waals surface area (Å²) < 4.78 is 0.886. The van der Waals surface area contributed by atoms with Crippen LogP contribution in [0, 0.1) is 11.3 Å². The van der Waals surface area contributed by atoms with Gasteiger partial charge < -0.3 is 9.80 Å². The van der Waals surface area contributed by atoms with E-state index in [1.807, 2.05) is 18.2 Å². The summed E-state index contributed by atoms with van der Waals surface area (Å²) in [6.07, 6.45) is 2.31. The van der Waals surface area contributed by atoms with Gasteiger partial charge in [0.05, 0.1) is 11.3 Å². The molecule has 0 spiro atoms. The summed E-state index contributed by atoms with van der Waals surface area (Å²) in [6.45, 7) is 2.04. The van der Waals surface area contributed by atoms with Gasteiger partial charge in [-0.05, 0) is 55.0 Å². The van der Waals surface area contributed by atoms with Crippen molar-refractivity contribution < 1.29 is 0 Å². The van der Waals surface area contributed by atoms with E-state index >= 15 is 0 Å². The van der Waals surface area contributed by atoms with Gasteiger partial charge in [0, 0.05) is 23.6 Å². The fourth-order valence-corrected chi connectivity index (χ4v) is 2.95.